The van der Waals surface area contributed by atoms with Gasteiger partial charge in [-0.05, 0) is 62.4 Å². The molecule has 3 aromatic rings. The zero-order valence-corrected chi connectivity index (χ0v) is 24.9. The molecule has 2 aliphatic heterocycles. The first-order valence-corrected chi connectivity index (χ1v) is 16.4. The van der Waals surface area contributed by atoms with Gasteiger partial charge in [0, 0.05) is 45.2 Å². The zero-order chi connectivity index (χ0) is 26.9. The molecule has 0 bridgehead atoms. The van der Waals surface area contributed by atoms with Gasteiger partial charge in [0.05, 0.1) is 27.8 Å². The maximum atomic E-state index is 13.9. The molecule has 5 rings (SSSR count). The maximum absolute atomic E-state index is 13.9. The molecule has 0 spiro atoms. The van der Waals surface area contributed by atoms with Gasteiger partial charge in [-0.3, -0.25) is 14.6 Å². The number of anilines is 1. The Labute approximate surface area is 237 Å². The number of benzene rings is 1. The normalized spacial score (nSPS) is 18.3. The summed E-state index contributed by atoms with van der Waals surface area (Å²) in [5.41, 5.74) is 3.23. The average molecular weight is 597 g/mol. The number of hydrogen-bond donors (Lipinski definition) is 0. The number of morpholine rings is 1. The summed E-state index contributed by atoms with van der Waals surface area (Å²) in [6, 6.07) is 7.36. The summed E-state index contributed by atoms with van der Waals surface area (Å²) in [5, 5.41) is 0.726. The van der Waals surface area contributed by atoms with Gasteiger partial charge in [0.2, 0.25) is 5.91 Å². The van der Waals surface area contributed by atoms with Crippen LogP contribution in [-0.4, -0.2) is 81.0 Å². The first kappa shape index (κ1) is 27.9. The van der Waals surface area contributed by atoms with Crippen LogP contribution in [0, 0.1) is 19.8 Å². The molecule has 0 aliphatic carbocycles. The highest BCUT2D eigenvalue weighted by Crippen LogP contribution is 2.35. The lowest BCUT2D eigenvalue weighted by atomic mass is 9.96. The van der Waals surface area contributed by atoms with E-state index in [2.05, 4.69) is 30.9 Å². The van der Waals surface area contributed by atoms with Gasteiger partial charge >= 0.3 is 0 Å². The van der Waals surface area contributed by atoms with Gasteiger partial charge in [-0.25, -0.2) is 13.4 Å². The predicted octanol–water partition coefficient (Wildman–Crippen LogP) is 4.78. The minimum Gasteiger partial charge on any atom is -0.379 e. The van der Waals surface area contributed by atoms with Crippen molar-refractivity contribution in [1.29, 1.82) is 0 Å². The number of amides is 1. The summed E-state index contributed by atoms with van der Waals surface area (Å²) in [4.78, 5) is 23.0. The highest BCUT2D eigenvalue weighted by atomic mass is 35.5. The SMILES string of the molecule is Cc1cc(C)c2sc(N(CCCN3CCOCC3)C(=O)C3CCN(S(=O)(=O)c4ccc(Cl)s4)CC3)nc2c1. The fourth-order valence-electron chi connectivity index (χ4n) is 5.18. The smallest absolute Gasteiger partial charge is 0.252 e. The van der Waals surface area contributed by atoms with E-state index >= 15 is 0 Å². The number of fused-ring (bicyclic) bond motifs is 1. The Morgan fingerprint density at radius 3 is 2.55 bits per heavy atom. The monoisotopic (exact) mass is 596 g/mol. The number of sulfonamides is 1. The standard InChI is InChI=1S/C26H33ClN4O4S3/c1-18-16-19(2)24-21(17-18)28-26(37-24)31(9-3-8-29-12-14-35-15-13-29)25(32)20-6-10-30(11-7-20)38(33,34)23-5-4-22(27)36-23/h4-5,16-17,20H,3,6-15H2,1-2H3. The van der Waals surface area contributed by atoms with E-state index in [1.165, 1.54) is 4.31 Å². The van der Waals surface area contributed by atoms with E-state index < -0.39 is 10.0 Å². The predicted molar refractivity (Wildman–Crippen MR) is 154 cm³/mol. The highest BCUT2D eigenvalue weighted by molar-refractivity contribution is 7.91. The van der Waals surface area contributed by atoms with Gasteiger partial charge in [-0.2, -0.15) is 4.31 Å². The van der Waals surface area contributed by atoms with E-state index in [9.17, 15) is 13.2 Å². The van der Waals surface area contributed by atoms with Gasteiger partial charge in [-0.1, -0.05) is 29.0 Å². The second-order valence-corrected chi connectivity index (χ2v) is 14.8. The Morgan fingerprint density at radius 1 is 1.13 bits per heavy atom. The summed E-state index contributed by atoms with van der Waals surface area (Å²) >= 11 is 8.60. The molecule has 0 saturated carbocycles. The average Bonchev–Trinajstić information content (AvgIpc) is 3.54. The first-order valence-electron chi connectivity index (χ1n) is 13.0. The van der Waals surface area contributed by atoms with E-state index in [-0.39, 0.29) is 16.0 Å². The molecule has 0 N–H and O–H groups in total. The number of ether oxygens (including phenoxy) is 1. The first-order chi connectivity index (χ1) is 18.2. The molecule has 1 amide bonds. The third-order valence-electron chi connectivity index (χ3n) is 7.21. The summed E-state index contributed by atoms with van der Waals surface area (Å²) in [6.07, 6.45) is 1.81. The van der Waals surface area contributed by atoms with Crippen LogP contribution in [0.4, 0.5) is 5.13 Å². The van der Waals surface area contributed by atoms with Crippen molar-refractivity contribution in [2.75, 3.05) is 57.4 Å². The number of thiophene rings is 1. The minimum absolute atomic E-state index is 0.0385. The zero-order valence-electron chi connectivity index (χ0n) is 21.7. The Hall–Kier alpha value is -1.60. The molecular formula is C26H33ClN4O4S3. The van der Waals surface area contributed by atoms with Crippen LogP contribution in [0.5, 0.6) is 0 Å². The highest BCUT2D eigenvalue weighted by Gasteiger charge is 2.35. The van der Waals surface area contributed by atoms with E-state index in [1.54, 1.807) is 23.5 Å². The van der Waals surface area contributed by atoms with Crippen LogP contribution in [0.1, 0.15) is 30.4 Å². The lowest BCUT2D eigenvalue weighted by Gasteiger charge is -2.33. The molecule has 12 heteroatoms. The number of piperidine rings is 1. The molecule has 1 aromatic carbocycles. The quantitative estimate of drug-likeness (QED) is 0.372. The van der Waals surface area contributed by atoms with Crippen molar-refractivity contribution < 1.29 is 17.9 Å². The molecule has 38 heavy (non-hydrogen) atoms. The van der Waals surface area contributed by atoms with Crippen LogP contribution >= 0.6 is 34.3 Å². The molecule has 0 atom stereocenters. The fraction of sp³-hybridized carbons (Fsp3) is 0.538. The summed E-state index contributed by atoms with van der Waals surface area (Å²) in [6.45, 7) is 9.57. The topological polar surface area (TPSA) is 83.0 Å². The molecule has 0 unspecified atom stereocenters. The van der Waals surface area contributed by atoms with Gasteiger partial charge in [0.25, 0.3) is 10.0 Å². The Kier molecular flexibility index (Phi) is 8.73. The number of carbonyl (C=O) groups is 1. The van der Waals surface area contributed by atoms with Crippen molar-refractivity contribution in [2.24, 2.45) is 5.92 Å². The number of aryl methyl sites for hydroxylation is 2. The second-order valence-electron chi connectivity index (χ2n) is 9.96. The van der Waals surface area contributed by atoms with Crippen LogP contribution < -0.4 is 4.90 Å². The lowest BCUT2D eigenvalue weighted by molar-refractivity contribution is -0.123. The molecule has 2 fully saturated rings. The van der Waals surface area contributed by atoms with Crippen molar-refractivity contribution >= 4 is 65.6 Å². The lowest BCUT2D eigenvalue weighted by Crippen LogP contribution is -2.45. The van der Waals surface area contributed by atoms with E-state index in [4.69, 9.17) is 21.3 Å². The summed E-state index contributed by atoms with van der Waals surface area (Å²) in [5.74, 6) is -0.205. The molecule has 4 heterocycles. The number of carbonyl (C=O) groups excluding carboxylic acids is 1. The number of halogens is 1. The van der Waals surface area contributed by atoms with Crippen molar-refractivity contribution in [2.45, 2.75) is 37.3 Å². The largest absolute Gasteiger partial charge is 0.379 e. The molecule has 206 valence electrons. The van der Waals surface area contributed by atoms with Crippen molar-refractivity contribution in [1.82, 2.24) is 14.2 Å². The van der Waals surface area contributed by atoms with Crippen LogP contribution in [0.15, 0.2) is 28.5 Å². The second kappa shape index (κ2) is 11.9. The minimum atomic E-state index is -3.60. The van der Waals surface area contributed by atoms with Crippen molar-refractivity contribution in [3.8, 4) is 0 Å². The molecule has 2 aliphatic rings. The number of hydrogen-bond acceptors (Lipinski definition) is 8. The number of nitrogens with zero attached hydrogens (tertiary/aromatic N) is 4. The van der Waals surface area contributed by atoms with Gasteiger partial charge in [-0.15, -0.1) is 11.3 Å². The van der Waals surface area contributed by atoms with Crippen molar-refractivity contribution in [3.05, 3.63) is 39.7 Å². The Morgan fingerprint density at radius 2 is 1.87 bits per heavy atom. The Balaban J connectivity index is 1.31. The van der Waals surface area contributed by atoms with Gasteiger partial charge in [0.15, 0.2) is 5.13 Å². The fourth-order valence-corrected chi connectivity index (χ4v) is 9.34. The molecule has 2 aromatic heterocycles. The van der Waals surface area contributed by atoms with E-state index in [1.807, 2.05) is 4.90 Å². The number of rotatable bonds is 8. The molecule has 2 saturated heterocycles. The van der Waals surface area contributed by atoms with Crippen molar-refractivity contribution in [3.63, 3.8) is 0 Å². The van der Waals surface area contributed by atoms with Gasteiger partial charge < -0.3 is 4.74 Å². The molecule has 0 radical (unpaired) electrons. The van der Waals surface area contributed by atoms with Crippen LogP contribution in [0.3, 0.4) is 0 Å². The van der Waals surface area contributed by atoms with Crippen LogP contribution in [-0.2, 0) is 19.6 Å². The van der Waals surface area contributed by atoms with E-state index in [0.29, 0.717) is 36.8 Å². The summed E-state index contributed by atoms with van der Waals surface area (Å²) < 4.78 is 34.8. The summed E-state index contributed by atoms with van der Waals surface area (Å²) in [7, 11) is -3.60. The van der Waals surface area contributed by atoms with Gasteiger partial charge in [0.1, 0.15) is 4.21 Å². The number of aromatic nitrogens is 1. The third-order valence-corrected chi connectivity index (χ3v) is 12.0. The van der Waals surface area contributed by atoms with E-state index in [0.717, 1.165) is 77.1 Å². The van der Waals surface area contributed by atoms with Crippen LogP contribution in [0.2, 0.25) is 4.34 Å². The molecule has 8 nitrogen and oxygen atoms in total. The Bertz CT molecular complexity index is 1390. The third kappa shape index (κ3) is 6.09. The number of thiazole rings is 1. The van der Waals surface area contributed by atoms with Crippen LogP contribution in [0.25, 0.3) is 10.2 Å². The molecular weight excluding hydrogens is 564 g/mol. The maximum Gasteiger partial charge on any atom is 0.252 e.